The van der Waals surface area contributed by atoms with Gasteiger partial charge in [0.2, 0.25) is 20.0 Å². The minimum Gasteiger partial charge on any atom is -0.398 e. The predicted molar refractivity (Wildman–Crippen MR) is 71.1 cm³/mol. The fourth-order valence-electron chi connectivity index (χ4n) is 1.75. The third-order valence-electron chi connectivity index (χ3n) is 2.62. The summed E-state index contributed by atoms with van der Waals surface area (Å²) in [7, 11) is -7.83. The van der Waals surface area contributed by atoms with Gasteiger partial charge in [-0.1, -0.05) is 6.07 Å². The molecule has 0 saturated heterocycles. The Bertz CT molecular complexity index is 873. The Hall–Kier alpha value is -1.68. The molecule has 102 valence electrons. The maximum atomic E-state index is 11.4. The van der Waals surface area contributed by atoms with Crippen LogP contribution in [-0.4, -0.2) is 16.8 Å². The predicted octanol–water partition coefficient (Wildman–Crippen LogP) is -0.283. The van der Waals surface area contributed by atoms with Crippen molar-refractivity contribution < 1.29 is 16.8 Å². The van der Waals surface area contributed by atoms with Gasteiger partial charge in [-0.15, -0.1) is 0 Å². The van der Waals surface area contributed by atoms with Crippen molar-refractivity contribution in [3.05, 3.63) is 30.3 Å². The molecule has 0 radical (unpaired) electrons. The number of nitrogens with two attached hydrogens (primary N) is 3. The Morgan fingerprint density at radius 1 is 0.789 bits per heavy atom. The molecular weight excluding hydrogens is 290 g/mol. The molecule has 0 aliphatic rings. The number of primary sulfonamides is 2. The highest BCUT2D eigenvalue weighted by atomic mass is 32.2. The van der Waals surface area contributed by atoms with Gasteiger partial charge in [0.1, 0.15) is 0 Å². The van der Waals surface area contributed by atoms with Crippen LogP contribution in [0.1, 0.15) is 0 Å². The summed E-state index contributed by atoms with van der Waals surface area (Å²) in [6.45, 7) is 0. The van der Waals surface area contributed by atoms with Crippen LogP contribution in [-0.2, 0) is 20.0 Å². The van der Waals surface area contributed by atoms with Crippen molar-refractivity contribution in [1.29, 1.82) is 0 Å². The Morgan fingerprint density at radius 2 is 1.42 bits per heavy atom. The average Bonchev–Trinajstić information content (AvgIpc) is 2.26. The molecule has 0 aromatic heterocycles. The van der Waals surface area contributed by atoms with Gasteiger partial charge in [-0.3, -0.25) is 0 Å². The second-order valence-electron chi connectivity index (χ2n) is 3.95. The van der Waals surface area contributed by atoms with E-state index >= 15 is 0 Å². The highest BCUT2D eigenvalue weighted by molar-refractivity contribution is 7.89. The highest BCUT2D eigenvalue weighted by Gasteiger charge is 2.16. The van der Waals surface area contributed by atoms with Crippen molar-refractivity contribution in [1.82, 2.24) is 0 Å². The molecule has 2 rings (SSSR count). The van der Waals surface area contributed by atoms with E-state index in [2.05, 4.69) is 0 Å². The number of hydrogen-bond donors (Lipinski definition) is 3. The third-order valence-corrected chi connectivity index (χ3v) is 4.50. The maximum Gasteiger partial charge on any atom is 0.238 e. The van der Waals surface area contributed by atoms with Crippen molar-refractivity contribution in [3.63, 3.8) is 0 Å². The molecule has 19 heavy (non-hydrogen) atoms. The Labute approximate surface area is 110 Å². The van der Waals surface area contributed by atoms with Crippen LogP contribution in [0.2, 0.25) is 0 Å². The number of fused-ring (bicyclic) bond motifs is 1. The van der Waals surface area contributed by atoms with Crippen LogP contribution in [0, 0.1) is 0 Å². The highest BCUT2D eigenvalue weighted by Crippen LogP contribution is 2.29. The number of benzene rings is 2. The van der Waals surface area contributed by atoms with Crippen LogP contribution < -0.4 is 16.0 Å². The van der Waals surface area contributed by atoms with E-state index in [-0.39, 0.29) is 26.3 Å². The summed E-state index contributed by atoms with van der Waals surface area (Å²) in [6, 6.07) is 6.34. The van der Waals surface area contributed by atoms with Gasteiger partial charge in [0, 0.05) is 16.5 Å². The van der Waals surface area contributed by atoms with Crippen LogP contribution in [0.25, 0.3) is 10.8 Å². The largest absolute Gasteiger partial charge is 0.398 e. The normalized spacial score (nSPS) is 12.7. The quantitative estimate of drug-likeness (QED) is 0.652. The monoisotopic (exact) mass is 301 g/mol. The topological polar surface area (TPSA) is 146 Å². The first-order valence-corrected chi connectivity index (χ1v) is 8.08. The van der Waals surface area contributed by atoms with E-state index in [1.54, 1.807) is 0 Å². The second kappa shape index (κ2) is 4.17. The molecule has 0 amide bonds. The Balaban J connectivity index is 2.93. The van der Waals surface area contributed by atoms with Gasteiger partial charge in [0.15, 0.2) is 0 Å². The standard InChI is InChI=1S/C10H11N3O4S2/c11-9-3-4-10(19(13,16)17)7-2-1-6(5-8(7)9)18(12,14)15/h1-5H,11H2,(H2,12,14,15)(H2,13,16,17). The minimum atomic E-state index is -3.93. The maximum absolute atomic E-state index is 11.4. The molecule has 0 heterocycles. The van der Waals surface area contributed by atoms with E-state index < -0.39 is 20.0 Å². The van der Waals surface area contributed by atoms with Crippen molar-refractivity contribution in [2.24, 2.45) is 10.3 Å². The van der Waals surface area contributed by atoms with E-state index in [0.29, 0.717) is 0 Å². The summed E-state index contributed by atoms with van der Waals surface area (Å²) in [6.07, 6.45) is 0. The summed E-state index contributed by atoms with van der Waals surface area (Å²) in [5.74, 6) is 0. The van der Waals surface area contributed by atoms with E-state index in [1.165, 1.54) is 30.3 Å². The first-order valence-electron chi connectivity index (χ1n) is 4.98. The minimum absolute atomic E-state index is 0.127. The molecule has 0 atom stereocenters. The zero-order valence-corrected chi connectivity index (χ0v) is 11.2. The number of anilines is 1. The molecule has 0 bridgehead atoms. The van der Waals surface area contributed by atoms with Crippen LogP contribution in [0.15, 0.2) is 40.1 Å². The molecule has 0 aliphatic carbocycles. The second-order valence-corrected chi connectivity index (χ2v) is 7.04. The summed E-state index contributed by atoms with van der Waals surface area (Å²) in [5, 5.41) is 10.6. The van der Waals surface area contributed by atoms with E-state index in [0.717, 1.165) is 0 Å². The molecule has 2 aromatic rings. The molecule has 9 heteroatoms. The molecule has 0 spiro atoms. The van der Waals surface area contributed by atoms with E-state index in [1.807, 2.05) is 0 Å². The van der Waals surface area contributed by atoms with Crippen LogP contribution in [0.3, 0.4) is 0 Å². The first kappa shape index (κ1) is 13.7. The van der Waals surface area contributed by atoms with Gasteiger partial charge in [-0.2, -0.15) is 0 Å². The van der Waals surface area contributed by atoms with Crippen molar-refractivity contribution in [2.75, 3.05) is 5.73 Å². The van der Waals surface area contributed by atoms with Crippen molar-refractivity contribution in [2.45, 2.75) is 9.79 Å². The Kier molecular flexibility index (Phi) is 3.01. The van der Waals surface area contributed by atoms with Crippen LogP contribution in [0.5, 0.6) is 0 Å². The van der Waals surface area contributed by atoms with Crippen LogP contribution in [0.4, 0.5) is 5.69 Å². The van der Waals surface area contributed by atoms with Gasteiger partial charge in [0.05, 0.1) is 9.79 Å². The first-order chi connectivity index (χ1) is 8.60. The van der Waals surface area contributed by atoms with E-state index in [4.69, 9.17) is 16.0 Å². The van der Waals surface area contributed by atoms with Gasteiger partial charge in [0.25, 0.3) is 0 Å². The molecule has 2 aromatic carbocycles. The summed E-state index contributed by atoms with van der Waals surface area (Å²) in [5.41, 5.74) is 5.94. The molecule has 7 nitrogen and oxygen atoms in total. The number of sulfonamides is 2. The van der Waals surface area contributed by atoms with E-state index in [9.17, 15) is 16.8 Å². The van der Waals surface area contributed by atoms with Gasteiger partial charge < -0.3 is 5.73 Å². The zero-order chi connectivity index (χ0) is 14.4. The summed E-state index contributed by atoms with van der Waals surface area (Å²) in [4.78, 5) is -0.282. The average molecular weight is 301 g/mol. The fourth-order valence-corrected chi connectivity index (χ4v) is 3.03. The Morgan fingerprint density at radius 3 is 1.95 bits per heavy atom. The molecule has 0 aliphatic heterocycles. The fraction of sp³-hybridized carbons (Fsp3) is 0. The summed E-state index contributed by atoms with van der Waals surface area (Å²) < 4.78 is 45.4. The third kappa shape index (κ3) is 2.54. The van der Waals surface area contributed by atoms with Gasteiger partial charge in [-0.25, -0.2) is 27.1 Å². The molecule has 0 fully saturated rings. The lowest BCUT2D eigenvalue weighted by molar-refractivity contribution is 0.597. The SMILES string of the molecule is Nc1ccc(S(N)(=O)=O)c2ccc(S(N)(=O)=O)cc12. The lowest BCUT2D eigenvalue weighted by Crippen LogP contribution is -2.14. The zero-order valence-electron chi connectivity index (χ0n) is 9.57. The molecule has 0 unspecified atom stereocenters. The van der Waals surface area contributed by atoms with Crippen LogP contribution >= 0.6 is 0 Å². The molecule has 6 N–H and O–H groups in total. The smallest absolute Gasteiger partial charge is 0.238 e. The number of rotatable bonds is 2. The number of hydrogen-bond acceptors (Lipinski definition) is 5. The number of nitrogen functional groups attached to an aromatic ring is 1. The molecule has 0 saturated carbocycles. The lowest BCUT2D eigenvalue weighted by Gasteiger charge is -2.08. The lowest BCUT2D eigenvalue weighted by atomic mass is 10.1. The summed E-state index contributed by atoms with van der Waals surface area (Å²) >= 11 is 0. The van der Waals surface area contributed by atoms with Gasteiger partial charge >= 0.3 is 0 Å². The van der Waals surface area contributed by atoms with Gasteiger partial charge in [-0.05, 0) is 24.3 Å². The van der Waals surface area contributed by atoms with Crippen molar-refractivity contribution >= 4 is 36.5 Å². The molecular formula is C10H11N3O4S2. The van der Waals surface area contributed by atoms with Crippen molar-refractivity contribution in [3.8, 4) is 0 Å².